The van der Waals surface area contributed by atoms with Crippen molar-refractivity contribution in [3.63, 3.8) is 0 Å². The topological polar surface area (TPSA) is 67.9 Å². The summed E-state index contributed by atoms with van der Waals surface area (Å²) in [6, 6.07) is 22.4. The number of hydrogen-bond donors (Lipinski definition) is 1. The lowest BCUT2D eigenvalue weighted by Gasteiger charge is -2.32. The molecule has 0 radical (unpaired) electrons. The van der Waals surface area contributed by atoms with Gasteiger partial charge in [0.2, 0.25) is 5.91 Å². The van der Waals surface area contributed by atoms with Gasteiger partial charge in [-0.15, -0.1) is 0 Å². The Hall–Kier alpha value is -3.32. The van der Waals surface area contributed by atoms with Crippen LogP contribution in [-0.4, -0.2) is 42.5 Å². The first-order chi connectivity index (χ1) is 18.7. The zero-order chi connectivity index (χ0) is 28.4. The van der Waals surface area contributed by atoms with Gasteiger partial charge < -0.3 is 19.7 Å². The molecular weight excluding hydrogens is 556 g/mol. The summed E-state index contributed by atoms with van der Waals surface area (Å²) < 4.78 is 12.2. The number of nitrogens with zero attached hydrogens (tertiary/aromatic N) is 1. The Labute approximate surface area is 240 Å². The molecule has 3 aromatic rings. The van der Waals surface area contributed by atoms with Gasteiger partial charge in [-0.2, -0.15) is 0 Å². The summed E-state index contributed by atoms with van der Waals surface area (Å²) in [4.78, 5) is 29.1. The van der Waals surface area contributed by atoms with E-state index in [4.69, 9.17) is 9.47 Å². The average molecular weight is 596 g/mol. The maximum atomic E-state index is 13.8. The Bertz CT molecular complexity index is 1230. The van der Waals surface area contributed by atoms with E-state index >= 15 is 0 Å². The first-order valence-corrected chi connectivity index (χ1v) is 14.2. The molecule has 0 aromatic heterocycles. The number of hydrogen-bond acceptors (Lipinski definition) is 4. The summed E-state index contributed by atoms with van der Waals surface area (Å²) in [5.74, 6) is 1.18. The minimum atomic E-state index is -0.726. The van der Waals surface area contributed by atoms with E-state index in [2.05, 4.69) is 35.1 Å². The molecule has 0 fully saturated rings. The Kier molecular flexibility index (Phi) is 11.4. The Balaban J connectivity index is 1.93. The highest BCUT2D eigenvalue weighted by Crippen LogP contribution is 2.29. The highest BCUT2D eigenvalue weighted by molar-refractivity contribution is 9.10. The van der Waals surface area contributed by atoms with E-state index in [1.54, 1.807) is 12.0 Å². The molecule has 0 aliphatic heterocycles. The normalized spacial score (nSPS) is 12.5. The second-order valence-corrected chi connectivity index (χ2v) is 10.9. The number of methoxy groups -OCH3 is 1. The lowest BCUT2D eigenvalue weighted by atomic mass is 10.0. The fraction of sp³-hybridized carbons (Fsp3) is 0.375. The molecule has 6 nitrogen and oxygen atoms in total. The summed E-state index contributed by atoms with van der Waals surface area (Å²) in [5.41, 5.74) is 3.00. The third-order valence-electron chi connectivity index (χ3n) is 6.73. The Morgan fingerprint density at radius 3 is 2.31 bits per heavy atom. The van der Waals surface area contributed by atoms with Crippen LogP contribution in [0.25, 0.3) is 0 Å². The van der Waals surface area contributed by atoms with E-state index in [9.17, 15) is 9.59 Å². The number of nitrogens with one attached hydrogen (secondary N) is 1. The molecule has 2 amide bonds. The van der Waals surface area contributed by atoms with Crippen LogP contribution in [0.2, 0.25) is 0 Å². The zero-order valence-corrected chi connectivity index (χ0v) is 25.0. The first-order valence-electron chi connectivity index (χ1n) is 13.4. The standard InChI is InChI=1S/C32H39BrN2O4/c1-6-23(4)34-32(37)29(18-24-11-8-7-9-12-24)35(20-25-13-10-14-27(17-25)38-5)31(36)21-39-30-16-15-26(22(2)3)19-28(30)33/h7-17,19,22-23,29H,6,18,20-21H2,1-5H3,(H,34,37)/t23-,29-/m0/s1. The van der Waals surface area contributed by atoms with E-state index < -0.39 is 6.04 Å². The first kappa shape index (κ1) is 30.2. The monoisotopic (exact) mass is 594 g/mol. The highest BCUT2D eigenvalue weighted by Gasteiger charge is 2.31. The van der Waals surface area contributed by atoms with Gasteiger partial charge in [0.25, 0.3) is 5.91 Å². The predicted octanol–water partition coefficient (Wildman–Crippen LogP) is 6.51. The van der Waals surface area contributed by atoms with Crippen LogP contribution in [0.4, 0.5) is 0 Å². The molecule has 2 atom stereocenters. The summed E-state index contributed by atoms with van der Waals surface area (Å²) in [5, 5.41) is 3.09. The van der Waals surface area contributed by atoms with E-state index in [-0.39, 0.29) is 31.0 Å². The molecule has 208 valence electrons. The third kappa shape index (κ3) is 8.85. The molecular formula is C32H39BrN2O4. The van der Waals surface area contributed by atoms with Gasteiger partial charge in [-0.1, -0.05) is 69.3 Å². The molecule has 39 heavy (non-hydrogen) atoms. The van der Waals surface area contributed by atoms with Crippen molar-refractivity contribution in [2.24, 2.45) is 0 Å². The van der Waals surface area contributed by atoms with E-state index in [0.29, 0.717) is 23.8 Å². The van der Waals surface area contributed by atoms with Crippen LogP contribution in [0.15, 0.2) is 77.3 Å². The second-order valence-electron chi connectivity index (χ2n) is 10.0. The predicted molar refractivity (Wildman–Crippen MR) is 159 cm³/mol. The largest absolute Gasteiger partial charge is 0.497 e. The Morgan fingerprint density at radius 1 is 0.949 bits per heavy atom. The van der Waals surface area contributed by atoms with Gasteiger partial charge in [0.05, 0.1) is 11.6 Å². The van der Waals surface area contributed by atoms with Gasteiger partial charge in [-0.3, -0.25) is 9.59 Å². The SMILES string of the molecule is CC[C@H](C)NC(=O)[C@H](Cc1ccccc1)N(Cc1cccc(OC)c1)C(=O)COc1ccc(C(C)C)cc1Br. The summed E-state index contributed by atoms with van der Waals surface area (Å²) in [6.45, 7) is 8.27. The van der Waals surface area contributed by atoms with Crippen molar-refractivity contribution < 1.29 is 19.1 Å². The van der Waals surface area contributed by atoms with Crippen molar-refractivity contribution in [1.29, 1.82) is 0 Å². The molecule has 3 aromatic carbocycles. The average Bonchev–Trinajstić information content (AvgIpc) is 2.94. The number of benzene rings is 3. The fourth-order valence-electron chi connectivity index (χ4n) is 4.18. The van der Waals surface area contributed by atoms with Gasteiger partial charge in [0, 0.05) is 19.0 Å². The lowest BCUT2D eigenvalue weighted by Crippen LogP contribution is -2.53. The molecule has 7 heteroatoms. The maximum Gasteiger partial charge on any atom is 0.261 e. The third-order valence-corrected chi connectivity index (χ3v) is 7.35. The number of amides is 2. The molecule has 0 saturated carbocycles. The second kappa shape index (κ2) is 14.7. The number of carbonyl (C=O) groups is 2. The van der Waals surface area contributed by atoms with Crippen LogP contribution in [0.3, 0.4) is 0 Å². The van der Waals surface area contributed by atoms with Crippen LogP contribution in [0, 0.1) is 0 Å². The lowest BCUT2D eigenvalue weighted by molar-refractivity contribution is -0.143. The van der Waals surface area contributed by atoms with Crippen LogP contribution >= 0.6 is 15.9 Å². The molecule has 0 heterocycles. The van der Waals surface area contributed by atoms with E-state index in [1.165, 1.54) is 5.56 Å². The quantitative estimate of drug-likeness (QED) is 0.245. The summed E-state index contributed by atoms with van der Waals surface area (Å²) in [6.07, 6.45) is 1.17. The van der Waals surface area contributed by atoms with Crippen molar-refractivity contribution in [2.45, 2.75) is 65.1 Å². The van der Waals surface area contributed by atoms with Crippen LogP contribution in [0.1, 0.15) is 56.7 Å². The van der Waals surface area contributed by atoms with Crippen LogP contribution in [0.5, 0.6) is 11.5 Å². The van der Waals surface area contributed by atoms with Crippen LogP contribution in [-0.2, 0) is 22.6 Å². The highest BCUT2D eigenvalue weighted by atomic mass is 79.9. The molecule has 0 aliphatic carbocycles. The molecule has 0 spiro atoms. The number of halogens is 1. The number of rotatable bonds is 13. The molecule has 1 N–H and O–H groups in total. The molecule has 0 aliphatic rings. The van der Waals surface area contributed by atoms with Gasteiger partial charge in [-0.25, -0.2) is 0 Å². The van der Waals surface area contributed by atoms with Crippen molar-refractivity contribution in [1.82, 2.24) is 10.2 Å². The van der Waals surface area contributed by atoms with Crippen molar-refractivity contribution in [2.75, 3.05) is 13.7 Å². The molecule has 3 rings (SSSR count). The number of ether oxygens (including phenoxy) is 2. The molecule has 0 unspecified atom stereocenters. The van der Waals surface area contributed by atoms with Crippen molar-refractivity contribution in [3.8, 4) is 11.5 Å². The van der Waals surface area contributed by atoms with Gasteiger partial charge in [0.1, 0.15) is 17.5 Å². The van der Waals surface area contributed by atoms with Gasteiger partial charge in [0.15, 0.2) is 6.61 Å². The van der Waals surface area contributed by atoms with Gasteiger partial charge in [-0.05, 0) is 76.1 Å². The minimum absolute atomic E-state index is 0.0174. The van der Waals surface area contributed by atoms with E-state index in [1.807, 2.05) is 86.6 Å². The minimum Gasteiger partial charge on any atom is -0.497 e. The molecule has 0 saturated heterocycles. The Morgan fingerprint density at radius 2 is 1.67 bits per heavy atom. The summed E-state index contributed by atoms with van der Waals surface area (Å²) >= 11 is 3.58. The zero-order valence-electron chi connectivity index (χ0n) is 23.4. The number of carbonyl (C=O) groups excluding carboxylic acids is 2. The van der Waals surface area contributed by atoms with Crippen LogP contribution < -0.4 is 14.8 Å². The fourth-order valence-corrected chi connectivity index (χ4v) is 4.69. The maximum absolute atomic E-state index is 13.8. The van der Waals surface area contributed by atoms with Gasteiger partial charge >= 0.3 is 0 Å². The van der Waals surface area contributed by atoms with Crippen molar-refractivity contribution in [3.05, 3.63) is 94.0 Å². The summed E-state index contributed by atoms with van der Waals surface area (Å²) in [7, 11) is 1.61. The molecule has 0 bridgehead atoms. The van der Waals surface area contributed by atoms with E-state index in [0.717, 1.165) is 22.0 Å². The van der Waals surface area contributed by atoms with Crippen molar-refractivity contribution >= 4 is 27.7 Å². The smallest absolute Gasteiger partial charge is 0.261 e.